The first-order chi connectivity index (χ1) is 5.18. The highest BCUT2D eigenvalue weighted by atomic mass is 16.2. The summed E-state index contributed by atoms with van der Waals surface area (Å²) in [5, 5.41) is 2.32. The third-order valence-electron chi connectivity index (χ3n) is 0.912. The number of aromatic amines is 1. The molecule has 0 aliphatic carbocycles. The summed E-state index contributed by atoms with van der Waals surface area (Å²) in [6, 6.07) is 2.54. The molecular formula is C6H6N3O2. The third-order valence-corrected chi connectivity index (χ3v) is 0.912. The molecule has 5 nitrogen and oxygen atoms in total. The van der Waals surface area contributed by atoms with Crippen LogP contribution in [0.4, 0.5) is 5.82 Å². The van der Waals surface area contributed by atoms with Gasteiger partial charge in [-0.3, -0.25) is 4.79 Å². The molecule has 57 valence electrons. The molecule has 11 heavy (non-hydrogen) atoms. The number of H-pyrrole nitrogens is 1. The predicted octanol–water partition coefficient (Wildman–Crippen LogP) is -0.472. The molecule has 0 saturated carbocycles. The standard InChI is InChI=1S/C6H6N3O2/c1-4(10)8-5-2-3-7-6(11)9-5/h3H,1H3,(H2,7,8,9,10,11). The van der Waals surface area contributed by atoms with E-state index in [1.165, 1.54) is 13.1 Å². The Labute approximate surface area is 62.5 Å². The number of anilines is 1. The van der Waals surface area contributed by atoms with Crippen LogP contribution in [0.3, 0.4) is 0 Å². The third kappa shape index (κ3) is 2.21. The van der Waals surface area contributed by atoms with Gasteiger partial charge in [-0.25, -0.2) is 4.79 Å². The smallest absolute Gasteiger partial charge is 0.312 e. The molecule has 0 atom stereocenters. The molecule has 0 unspecified atom stereocenters. The van der Waals surface area contributed by atoms with Gasteiger partial charge in [-0.1, -0.05) is 0 Å². The highest BCUT2D eigenvalue weighted by Gasteiger charge is 1.95. The van der Waals surface area contributed by atoms with Gasteiger partial charge < -0.3 is 10.3 Å². The molecule has 1 amide bonds. The highest BCUT2D eigenvalue weighted by Crippen LogP contribution is 1.92. The van der Waals surface area contributed by atoms with Crippen LogP contribution in [0, 0.1) is 6.07 Å². The molecule has 5 heteroatoms. The van der Waals surface area contributed by atoms with E-state index in [1.54, 1.807) is 0 Å². The van der Waals surface area contributed by atoms with Crippen molar-refractivity contribution in [3.8, 4) is 0 Å². The molecule has 2 N–H and O–H groups in total. The summed E-state index contributed by atoms with van der Waals surface area (Å²) in [7, 11) is 0. The van der Waals surface area contributed by atoms with Crippen LogP contribution in [-0.4, -0.2) is 15.9 Å². The fourth-order valence-electron chi connectivity index (χ4n) is 0.563. The van der Waals surface area contributed by atoms with Crippen LogP contribution in [0.1, 0.15) is 6.92 Å². The summed E-state index contributed by atoms with van der Waals surface area (Å²) < 4.78 is 0. The number of carbonyl (C=O) groups is 1. The lowest BCUT2D eigenvalue weighted by molar-refractivity contribution is -0.114. The number of carbonyl (C=O) groups excluding carboxylic acids is 1. The first kappa shape index (κ1) is 7.46. The molecule has 1 rings (SSSR count). The lowest BCUT2D eigenvalue weighted by atomic mass is 10.5. The van der Waals surface area contributed by atoms with Crippen molar-refractivity contribution in [3.05, 3.63) is 22.7 Å². The van der Waals surface area contributed by atoms with E-state index in [4.69, 9.17) is 0 Å². The Balaban J connectivity index is 2.88. The number of nitrogens with one attached hydrogen (secondary N) is 2. The molecule has 0 fully saturated rings. The van der Waals surface area contributed by atoms with Crippen molar-refractivity contribution in [2.45, 2.75) is 6.92 Å². The van der Waals surface area contributed by atoms with Crippen LogP contribution in [0.15, 0.2) is 11.0 Å². The van der Waals surface area contributed by atoms with E-state index in [0.29, 0.717) is 0 Å². The Morgan fingerprint density at radius 3 is 3.09 bits per heavy atom. The molecule has 1 heterocycles. The number of rotatable bonds is 1. The van der Waals surface area contributed by atoms with Crippen molar-refractivity contribution in [2.75, 3.05) is 5.32 Å². The van der Waals surface area contributed by atoms with Gasteiger partial charge in [0, 0.05) is 19.2 Å². The van der Waals surface area contributed by atoms with Gasteiger partial charge >= 0.3 is 5.69 Å². The quantitative estimate of drug-likeness (QED) is 0.571. The Hall–Kier alpha value is -1.65. The maximum atomic E-state index is 10.5. The second-order valence-corrected chi connectivity index (χ2v) is 1.88. The van der Waals surface area contributed by atoms with E-state index in [2.05, 4.69) is 21.4 Å². The number of hydrogen-bond acceptors (Lipinski definition) is 3. The summed E-state index contributed by atoms with van der Waals surface area (Å²) in [4.78, 5) is 26.7. The first-order valence-electron chi connectivity index (χ1n) is 2.93. The summed E-state index contributed by atoms with van der Waals surface area (Å²) in [6.07, 6.45) is 1.29. The van der Waals surface area contributed by atoms with Crippen molar-refractivity contribution in [2.24, 2.45) is 0 Å². The van der Waals surface area contributed by atoms with Gasteiger partial charge in [0.2, 0.25) is 5.91 Å². The second kappa shape index (κ2) is 2.96. The van der Waals surface area contributed by atoms with E-state index in [1.807, 2.05) is 0 Å². The lowest BCUT2D eigenvalue weighted by Gasteiger charge is -1.95. The maximum Gasteiger partial charge on any atom is 0.346 e. The normalized spacial score (nSPS) is 9.18. The zero-order valence-corrected chi connectivity index (χ0v) is 5.84. The van der Waals surface area contributed by atoms with Gasteiger partial charge in [0.15, 0.2) is 0 Å². The molecule has 0 bridgehead atoms. The minimum Gasteiger partial charge on any atom is -0.312 e. The van der Waals surface area contributed by atoms with Gasteiger partial charge in [-0.2, -0.15) is 4.98 Å². The number of amides is 1. The van der Waals surface area contributed by atoms with Crippen LogP contribution < -0.4 is 11.0 Å². The van der Waals surface area contributed by atoms with Gasteiger partial charge in [0.1, 0.15) is 5.82 Å². The van der Waals surface area contributed by atoms with Crippen LogP contribution in [0.5, 0.6) is 0 Å². The minimum atomic E-state index is -0.507. The van der Waals surface area contributed by atoms with Crippen molar-refractivity contribution in [1.82, 2.24) is 9.97 Å². The van der Waals surface area contributed by atoms with Gasteiger partial charge in [0.25, 0.3) is 0 Å². The fraction of sp³-hybridized carbons (Fsp3) is 0.167. The molecular weight excluding hydrogens is 146 g/mol. The Kier molecular flexibility index (Phi) is 2.00. The van der Waals surface area contributed by atoms with E-state index in [0.717, 1.165) is 0 Å². The monoisotopic (exact) mass is 152 g/mol. The molecule has 0 aliphatic rings. The number of hydrogen-bond donors (Lipinski definition) is 2. The number of aromatic nitrogens is 2. The second-order valence-electron chi connectivity index (χ2n) is 1.88. The summed E-state index contributed by atoms with van der Waals surface area (Å²) >= 11 is 0. The molecule has 0 spiro atoms. The summed E-state index contributed by atoms with van der Waals surface area (Å²) in [5.41, 5.74) is -0.507. The first-order valence-corrected chi connectivity index (χ1v) is 2.93. The zero-order chi connectivity index (χ0) is 8.27. The zero-order valence-electron chi connectivity index (χ0n) is 5.84. The molecule has 0 aromatic carbocycles. The molecule has 1 aromatic rings. The average Bonchev–Trinajstić information content (AvgIpc) is 1.85. The highest BCUT2D eigenvalue weighted by molar-refractivity contribution is 5.87. The van der Waals surface area contributed by atoms with Crippen molar-refractivity contribution in [1.29, 1.82) is 0 Å². The SMILES string of the molecule is CC(=O)Nc1[c]c[nH]c(=O)n1. The van der Waals surface area contributed by atoms with Gasteiger partial charge in [0.05, 0.1) is 0 Å². The Bertz CT molecular complexity index is 318. The largest absolute Gasteiger partial charge is 0.346 e. The molecule has 0 aliphatic heterocycles. The fourth-order valence-corrected chi connectivity index (χ4v) is 0.563. The molecule has 0 saturated heterocycles. The van der Waals surface area contributed by atoms with Crippen molar-refractivity contribution >= 4 is 11.7 Å². The van der Waals surface area contributed by atoms with Crippen molar-refractivity contribution < 1.29 is 4.79 Å². The number of nitrogens with zero attached hydrogens (tertiary/aromatic N) is 1. The van der Waals surface area contributed by atoms with Crippen LogP contribution in [0.2, 0.25) is 0 Å². The Morgan fingerprint density at radius 1 is 1.82 bits per heavy atom. The van der Waals surface area contributed by atoms with Crippen LogP contribution in [0.25, 0.3) is 0 Å². The molecule has 1 radical (unpaired) electrons. The van der Waals surface area contributed by atoms with E-state index < -0.39 is 5.69 Å². The molecule has 1 aromatic heterocycles. The maximum absolute atomic E-state index is 10.5. The van der Waals surface area contributed by atoms with Gasteiger partial charge in [-0.15, -0.1) is 0 Å². The predicted molar refractivity (Wildman–Crippen MR) is 38.0 cm³/mol. The van der Waals surface area contributed by atoms with Crippen molar-refractivity contribution in [3.63, 3.8) is 0 Å². The van der Waals surface area contributed by atoms with Gasteiger partial charge in [-0.05, 0) is 0 Å². The van der Waals surface area contributed by atoms with Crippen LogP contribution in [-0.2, 0) is 4.79 Å². The van der Waals surface area contributed by atoms with E-state index >= 15 is 0 Å². The van der Waals surface area contributed by atoms with E-state index in [-0.39, 0.29) is 11.7 Å². The summed E-state index contributed by atoms with van der Waals surface area (Å²) in [5.74, 6) is -0.138. The van der Waals surface area contributed by atoms with E-state index in [9.17, 15) is 9.59 Å². The lowest BCUT2D eigenvalue weighted by Crippen LogP contribution is -2.15. The average molecular weight is 152 g/mol. The Morgan fingerprint density at radius 2 is 2.55 bits per heavy atom. The topological polar surface area (TPSA) is 74.8 Å². The van der Waals surface area contributed by atoms with Crippen LogP contribution >= 0.6 is 0 Å². The minimum absolute atomic E-state index is 0.140. The summed E-state index contributed by atoms with van der Waals surface area (Å²) in [6.45, 7) is 1.33.